The summed E-state index contributed by atoms with van der Waals surface area (Å²) in [6, 6.07) is 11.1. The van der Waals surface area contributed by atoms with Crippen molar-refractivity contribution in [3.63, 3.8) is 0 Å². The van der Waals surface area contributed by atoms with Crippen LogP contribution < -0.4 is 9.80 Å². The maximum Gasteiger partial charge on any atom is 0.229 e. The number of phenols is 1. The molecule has 0 amide bonds. The summed E-state index contributed by atoms with van der Waals surface area (Å²) in [4.78, 5) is 19.1. The summed E-state index contributed by atoms with van der Waals surface area (Å²) in [5.41, 5.74) is 2.27. The summed E-state index contributed by atoms with van der Waals surface area (Å²) in [5.74, 6) is 1.79. The van der Waals surface area contributed by atoms with Gasteiger partial charge in [0.15, 0.2) is 5.65 Å². The number of benzene rings is 1. The fourth-order valence-corrected chi connectivity index (χ4v) is 4.31. The van der Waals surface area contributed by atoms with Crippen molar-refractivity contribution < 1.29 is 14.6 Å². The molecule has 8 heteroatoms. The molecule has 162 valence electrons. The Morgan fingerprint density at radius 3 is 2.45 bits per heavy atom. The van der Waals surface area contributed by atoms with E-state index in [9.17, 15) is 5.11 Å². The van der Waals surface area contributed by atoms with E-state index < -0.39 is 0 Å². The Balaban J connectivity index is 1.62. The molecule has 0 unspecified atom stereocenters. The molecule has 2 aliphatic rings. The number of phenolic OH excluding ortho intramolecular Hbond substituents is 1. The summed E-state index contributed by atoms with van der Waals surface area (Å²) >= 11 is 0. The minimum atomic E-state index is 0.112. The van der Waals surface area contributed by atoms with Crippen LogP contribution in [0.1, 0.15) is 13.8 Å². The molecule has 4 heterocycles. The van der Waals surface area contributed by atoms with Crippen LogP contribution in [0.2, 0.25) is 0 Å². The van der Waals surface area contributed by atoms with E-state index in [-0.39, 0.29) is 18.0 Å². The molecular formula is C23H27N5O3. The van der Waals surface area contributed by atoms with E-state index in [0.29, 0.717) is 24.8 Å². The average Bonchev–Trinajstić information content (AvgIpc) is 2.78. The Hall–Kier alpha value is -2.97. The zero-order valence-corrected chi connectivity index (χ0v) is 17.9. The molecule has 2 atom stereocenters. The summed E-state index contributed by atoms with van der Waals surface area (Å²) in [6.45, 7) is 8.57. The van der Waals surface area contributed by atoms with Crippen molar-refractivity contribution in [1.29, 1.82) is 0 Å². The molecule has 3 aromatic rings. The summed E-state index contributed by atoms with van der Waals surface area (Å²) < 4.78 is 11.4. The molecule has 1 N–H and O–H groups in total. The van der Waals surface area contributed by atoms with E-state index in [2.05, 4.69) is 23.6 Å². The zero-order valence-electron chi connectivity index (χ0n) is 17.9. The molecule has 31 heavy (non-hydrogen) atoms. The van der Waals surface area contributed by atoms with Crippen molar-refractivity contribution >= 4 is 22.8 Å². The van der Waals surface area contributed by atoms with E-state index in [0.717, 1.165) is 48.6 Å². The van der Waals surface area contributed by atoms with Crippen LogP contribution in [-0.4, -0.2) is 71.7 Å². The molecule has 8 nitrogen and oxygen atoms in total. The molecule has 1 aromatic carbocycles. The average molecular weight is 422 g/mol. The third-order valence-corrected chi connectivity index (χ3v) is 5.68. The van der Waals surface area contributed by atoms with Crippen LogP contribution in [0.25, 0.3) is 22.3 Å². The molecule has 5 rings (SSSR count). The Labute approximate surface area is 181 Å². The first-order chi connectivity index (χ1) is 15.1. The number of pyridine rings is 1. The number of anilines is 2. The van der Waals surface area contributed by atoms with Crippen molar-refractivity contribution in [3.8, 4) is 17.0 Å². The molecule has 0 saturated carbocycles. The number of morpholine rings is 2. The lowest BCUT2D eigenvalue weighted by Crippen LogP contribution is -2.46. The van der Waals surface area contributed by atoms with E-state index in [1.54, 1.807) is 12.1 Å². The quantitative estimate of drug-likeness (QED) is 0.691. The van der Waals surface area contributed by atoms with E-state index in [1.807, 2.05) is 24.3 Å². The standard InChI is InChI=1S/C23H27N5O3/c1-15-13-28(14-16(2)31-15)23-25-21-19(22(26-23)27-8-10-30-11-9-27)6-7-20(24-21)17-4-3-5-18(29)12-17/h3-7,12,15-16,29H,8-11,13-14H2,1-2H3/t15-,16+. The lowest BCUT2D eigenvalue weighted by atomic mass is 10.1. The van der Waals surface area contributed by atoms with Gasteiger partial charge in [-0.1, -0.05) is 12.1 Å². The number of aromatic nitrogens is 3. The topological polar surface area (TPSA) is 83.8 Å². The Kier molecular flexibility index (Phi) is 5.33. The van der Waals surface area contributed by atoms with Gasteiger partial charge < -0.3 is 24.4 Å². The first-order valence-electron chi connectivity index (χ1n) is 10.8. The molecule has 2 saturated heterocycles. The van der Waals surface area contributed by atoms with Crippen LogP contribution in [-0.2, 0) is 9.47 Å². The molecule has 2 fully saturated rings. The second kappa shape index (κ2) is 8.28. The predicted molar refractivity (Wildman–Crippen MR) is 120 cm³/mol. The maximum atomic E-state index is 9.88. The zero-order chi connectivity index (χ0) is 21.4. The van der Waals surface area contributed by atoms with E-state index in [1.165, 1.54) is 0 Å². The van der Waals surface area contributed by atoms with Gasteiger partial charge in [-0.15, -0.1) is 0 Å². The minimum Gasteiger partial charge on any atom is -0.508 e. The van der Waals surface area contributed by atoms with Crippen LogP contribution in [0.15, 0.2) is 36.4 Å². The van der Waals surface area contributed by atoms with Crippen molar-refractivity contribution in [2.45, 2.75) is 26.1 Å². The van der Waals surface area contributed by atoms with E-state index in [4.69, 9.17) is 24.4 Å². The highest BCUT2D eigenvalue weighted by Gasteiger charge is 2.26. The molecule has 0 spiro atoms. The van der Waals surface area contributed by atoms with Gasteiger partial charge >= 0.3 is 0 Å². The van der Waals surface area contributed by atoms with Gasteiger partial charge in [0.25, 0.3) is 0 Å². The van der Waals surface area contributed by atoms with Crippen molar-refractivity contribution in [3.05, 3.63) is 36.4 Å². The lowest BCUT2D eigenvalue weighted by Gasteiger charge is -2.36. The molecular weight excluding hydrogens is 394 g/mol. The molecule has 0 aliphatic carbocycles. The summed E-state index contributed by atoms with van der Waals surface area (Å²) in [5, 5.41) is 10.8. The van der Waals surface area contributed by atoms with Gasteiger partial charge in [-0.3, -0.25) is 0 Å². The Bertz CT molecular complexity index is 1080. The normalized spacial score (nSPS) is 22.1. The minimum absolute atomic E-state index is 0.112. The van der Waals surface area contributed by atoms with Gasteiger partial charge in [0.2, 0.25) is 5.95 Å². The van der Waals surface area contributed by atoms with Crippen molar-refractivity contribution in [2.75, 3.05) is 49.2 Å². The second-order valence-corrected chi connectivity index (χ2v) is 8.23. The Morgan fingerprint density at radius 2 is 1.71 bits per heavy atom. The van der Waals surface area contributed by atoms with Gasteiger partial charge in [0.1, 0.15) is 11.6 Å². The summed E-state index contributed by atoms with van der Waals surface area (Å²) in [7, 11) is 0. The maximum absolute atomic E-state index is 9.88. The van der Waals surface area contributed by atoms with Crippen LogP contribution in [0.4, 0.5) is 11.8 Å². The third kappa shape index (κ3) is 4.13. The number of fused-ring (bicyclic) bond motifs is 1. The first-order valence-corrected chi connectivity index (χ1v) is 10.8. The van der Waals surface area contributed by atoms with E-state index >= 15 is 0 Å². The molecule has 0 radical (unpaired) electrons. The monoisotopic (exact) mass is 421 g/mol. The van der Waals surface area contributed by atoms with Crippen LogP contribution in [0.3, 0.4) is 0 Å². The van der Waals surface area contributed by atoms with Gasteiger partial charge in [0.05, 0.1) is 36.5 Å². The number of aromatic hydroxyl groups is 1. The number of hydrogen-bond donors (Lipinski definition) is 1. The second-order valence-electron chi connectivity index (χ2n) is 8.23. The fourth-order valence-electron chi connectivity index (χ4n) is 4.31. The number of nitrogens with zero attached hydrogens (tertiary/aromatic N) is 5. The Morgan fingerprint density at radius 1 is 0.935 bits per heavy atom. The van der Waals surface area contributed by atoms with Crippen LogP contribution in [0.5, 0.6) is 5.75 Å². The first kappa shape index (κ1) is 20.0. The van der Waals surface area contributed by atoms with Crippen molar-refractivity contribution in [2.24, 2.45) is 0 Å². The highest BCUT2D eigenvalue weighted by molar-refractivity contribution is 5.90. The third-order valence-electron chi connectivity index (χ3n) is 5.68. The van der Waals surface area contributed by atoms with Crippen LogP contribution >= 0.6 is 0 Å². The molecule has 0 bridgehead atoms. The predicted octanol–water partition coefficient (Wildman–Crippen LogP) is 2.85. The fraction of sp³-hybridized carbons (Fsp3) is 0.435. The van der Waals surface area contributed by atoms with Gasteiger partial charge in [-0.25, -0.2) is 4.98 Å². The number of hydrogen-bond acceptors (Lipinski definition) is 8. The van der Waals surface area contributed by atoms with Crippen molar-refractivity contribution in [1.82, 2.24) is 15.0 Å². The largest absolute Gasteiger partial charge is 0.508 e. The molecule has 2 aliphatic heterocycles. The highest BCUT2D eigenvalue weighted by Crippen LogP contribution is 2.30. The number of ether oxygens (including phenoxy) is 2. The highest BCUT2D eigenvalue weighted by atomic mass is 16.5. The number of rotatable bonds is 3. The van der Waals surface area contributed by atoms with Gasteiger partial charge in [-0.05, 0) is 38.1 Å². The van der Waals surface area contributed by atoms with Gasteiger partial charge in [-0.2, -0.15) is 9.97 Å². The molecule has 2 aromatic heterocycles. The lowest BCUT2D eigenvalue weighted by molar-refractivity contribution is -0.00570. The van der Waals surface area contributed by atoms with Gasteiger partial charge in [0, 0.05) is 31.7 Å². The van der Waals surface area contributed by atoms with Crippen LogP contribution in [0, 0.1) is 0 Å². The smallest absolute Gasteiger partial charge is 0.229 e. The summed E-state index contributed by atoms with van der Waals surface area (Å²) in [6.07, 6.45) is 0.225. The SMILES string of the molecule is C[C@@H]1CN(c2nc(N3CCOCC3)c3ccc(-c4cccc(O)c4)nc3n2)C[C@H](C)O1.